The van der Waals surface area contributed by atoms with Crippen LogP contribution in [0, 0.1) is 0 Å². The molecule has 0 aromatic carbocycles. The molecule has 2 rings (SSSR count). The highest BCUT2D eigenvalue weighted by Gasteiger charge is 2.04. The van der Waals surface area contributed by atoms with Gasteiger partial charge in [0.15, 0.2) is 0 Å². The van der Waals surface area contributed by atoms with Gasteiger partial charge in [-0.25, -0.2) is 0 Å². The first-order chi connectivity index (χ1) is 7.75. The predicted molar refractivity (Wildman–Crippen MR) is 74.7 cm³/mol. The Bertz CT molecular complexity index is 489. The molecule has 0 saturated heterocycles. The van der Waals surface area contributed by atoms with Crippen LogP contribution in [0.4, 0.5) is 0 Å². The number of nitrogens with one attached hydrogen (secondary N) is 1. The molecular weight excluding hydrogens is 324 g/mol. The maximum Gasteiger partial charge on any atom is 0.251 e. The van der Waals surface area contributed by atoms with Gasteiger partial charge in [0.05, 0.1) is 10.3 Å². The summed E-state index contributed by atoms with van der Waals surface area (Å²) in [6.45, 7) is 0.553. The summed E-state index contributed by atoms with van der Waals surface area (Å²) in [4.78, 5) is 16.7. The molecule has 0 bridgehead atoms. The number of nitrogens with zero attached hydrogens (tertiary/aromatic N) is 1. The Morgan fingerprint density at radius 3 is 2.59 bits per heavy atom. The van der Waals surface area contributed by atoms with Gasteiger partial charge in [-0.05, 0) is 40.2 Å². The summed E-state index contributed by atoms with van der Waals surface area (Å²) in [5, 5.41) is 2.85. The van der Waals surface area contributed by atoms with Crippen LogP contribution in [0.5, 0.6) is 0 Å². The zero-order chi connectivity index (χ0) is 11.4. The third-order valence-electron chi connectivity index (χ3n) is 1.99. The van der Waals surface area contributed by atoms with Gasteiger partial charge in [0, 0.05) is 22.8 Å². The lowest BCUT2D eigenvalue weighted by molar-refractivity contribution is 0.0951. The van der Waals surface area contributed by atoms with E-state index in [9.17, 15) is 4.79 Å². The van der Waals surface area contributed by atoms with E-state index < -0.39 is 0 Å². The molecule has 2 aromatic heterocycles. The van der Waals surface area contributed by atoms with E-state index in [4.69, 9.17) is 0 Å². The largest absolute Gasteiger partial charge is 0.347 e. The van der Waals surface area contributed by atoms with Crippen LogP contribution in [0.1, 0.15) is 15.2 Å². The summed E-state index contributed by atoms with van der Waals surface area (Å²) in [6, 6.07) is 7.35. The fourth-order valence-corrected chi connectivity index (χ4v) is 2.64. The number of carbonyl (C=O) groups is 1. The number of hydrogen-bond donors (Lipinski definition) is 1. The molecule has 0 radical (unpaired) electrons. The Morgan fingerprint density at radius 1 is 1.29 bits per heavy atom. The number of amides is 1. The average Bonchev–Trinajstić information content (AvgIpc) is 2.73. The highest BCUT2D eigenvalue weighted by Crippen LogP contribution is 2.21. The van der Waals surface area contributed by atoms with Crippen LogP contribution in [-0.2, 0) is 6.54 Å². The second kappa shape index (κ2) is 6.74. The highest BCUT2D eigenvalue weighted by molar-refractivity contribution is 9.11. The van der Waals surface area contributed by atoms with Gasteiger partial charge in [-0.15, -0.1) is 23.7 Å². The van der Waals surface area contributed by atoms with E-state index >= 15 is 0 Å². The molecule has 90 valence electrons. The van der Waals surface area contributed by atoms with Gasteiger partial charge in [0.2, 0.25) is 0 Å². The van der Waals surface area contributed by atoms with Gasteiger partial charge in [0.25, 0.3) is 5.91 Å². The summed E-state index contributed by atoms with van der Waals surface area (Å²) >= 11 is 5.00. The Morgan fingerprint density at radius 2 is 2.00 bits per heavy atom. The van der Waals surface area contributed by atoms with Crippen molar-refractivity contribution in [3.63, 3.8) is 0 Å². The van der Waals surface area contributed by atoms with Crippen LogP contribution in [-0.4, -0.2) is 10.9 Å². The minimum atomic E-state index is -0.0769. The molecule has 0 aliphatic heterocycles. The average molecular weight is 334 g/mol. The summed E-state index contributed by atoms with van der Waals surface area (Å²) in [6.07, 6.45) is 3.22. The minimum Gasteiger partial charge on any atom is -0.347 e. The Kier molecular flexibility index (Phi) is 5.61. The molecule has 2 aromatic rings. The third kappa shape index (κ3) is 4.11. The van der Waals surface area contributed by atoms with Crippen molar-refractivity contribution in [3.05, 3.63) is 50.9 Å². The van der Waals surface area contributed by atoms with Crippen molar-refractivity contribution >= 4 is 45.6 Å². The van der Waals surface area contributed by atoms with E-state index in [1.165, 1.54) is 0 Å². The van der Waals surface area contributed by atoms with Crippen LogP contribution in [0.3, 0.4) is 0 Å². The summed E-state index contributed by atoms with van der Waals surface area (Å²) in [5.74, 6) is -0.0769. The van der Waals surface area contributed by atoms with Gasteiger partial charge in [-0.1, -0.05) is 0 Å². The van der Waals surface area contributed by atoms with E-state index in [1.54, 1.807) is 35.9 Å². The molecule has 0 atom stereocenters. The molecule has 1 amide bonds. The topological polar surface area (TPSA) is 42.0 Å². The number of carbonyl (C=O) groups excluding carboxylic acids is 1. The van der Waals surface area contributed by atoms with Crippen LogP contribution >= 0.6 is 39.7 Å². The molecule has 0 spiro atoms. The summed E-state index contributed by atoms with van der Waals surface area (Å²) in [5.41, 5.74) is 0.630. The maximum atomic E-state index is 11.7. The van der Waals surface area contributed by atoms with Crippen molar-refractivity contribution in [1.29, 1.82) is 0 Å². The van der Waals surface area contributed by atoms with Gasteiger partial charge in [-0.3, -0.25) is 9.78 Å². The minimum absolute atomic E-state index is 0. The molecule has 0 saturated carbocycles. The Balaban J connectivity index is 0.00000144. The molecule has 0 aliphatic rings. The zero-order valence-electron chi connectivity index (χ0n) is 8.72. The lowest BCUT2D eigenvalue weighted by Crippen LogP contribution is -2.22. The van der Waals surface area contributed by atoms with Crippen molar-refractivity contribution in [2.45, 2.75) is 6.54 Å². The monoisotopic (exact) mass is 332 g/mol. The molecule has 17 heavy (non-hydrogen) atoms. The van der Waals surface area contributed by atoms with E-state index in [0.717, 1.165) is 8.66 Å². The molecule has 0 unspecified atom stereocenters. The van der Waals surface area contributed by atoms with Crippen LogP contribution in [0.2, 0.25) is 0 Å². The number of hydrogen-bond acceptors (Lipinski definition) is 3. The van der Waals surface area contributed by atoms with Gasteiger partial charge >= 0.3 is 0 Å². The maximum absolute atomic E-state index is 11.7. The van der Waals surface area contributed by atoms with Crippen LogP contribution < -0.4 is 5.32 Å². The second-order valence-corrected chi connectivity index (χ2v) is 5.67. The fraction of sp³-hybridized carbons (Fsp3) is 0.0909. The molecule has 1 N–H and O–H groups in total. The van der Waals surface area contributed by atoms with Gasteiger partial charge in [-0.2, -0.15) is 0 Å². The SMILES string of the molecule is Cl.O=C(NCc1ccc(Br)s1)c1ccncc1. The van der Waals surface area contributed by atoms with E-state index in [2.05, 4.69) is 26.2 Å². The molecule has 3 nitrogen and oxygen atoms in total. The van der Waals surface area contributed by atoms with Crippen LogP contribution in [0.15, 0.2) is 40.4 Å². The fourth-order valence-electron chi connectivity index (χ4n) is 1.22. The van der Waals surface area contributed by atoms with Crippen molar-refractivity contribution < 1.29 is 4.79 Å². The first-order valence-corrected chi connectivity index (χ1v) is 6.29. The highest BCUT2D eigenvalue weighted by atomic mass is 79.9. The third-order valence-corrected chi connectivity index (χ3v) is 3.62. The second-order valence-electron chi connectivity index (χ2n) is 3.12. The first-order valence-electron chi connectivity index (χ1n) is 4.68. The van der Waals surface area contributed by atoms with Crippen molar-refractivity contribution in [2.24, 2.45) is 0 Å². The molecule has 0 fully saturated rings. The zero-order valence-corrected chi connectivity index (χ0v) is 11.9. The van der Waals surface area contributed by atoms with E-state index in [0.29, 0.717) is 12.1 Å². The number of aromatic nitrogens is 1. The number of pyridine rings is 1. The standard InChI is InChI=1S/C11H9BrN2OS.ClH/c12-10-2-1-9(16-10)7-14-11(15)8-3-5-13-6-4-8;/h1-6H,7H2,(H,14,15);1H. The molecule has 6 heteroatoms. The molecule has 2 heterocycles. The lowest BCUT2D eigenvalue weighted by atomic mass is 10.2. The summed E-state index contributed by atoms with van der Waals surface area (Å²) < 4.78 is 1.07. The number of thiophene rings is 1. The quantitative estimate of drug-likeness (QED) is 0.937. The lowest BCUT2D eigenvalue weighted by Gasteiger charge is -2.02. The first kappa shape index (κ1) is 14.2. The predicted octanol–water partition coefficient (Wildman–Crippen LogP) is 3.26. The van der Waals surface area contributed by atoms with E-state index in [-0.39, 0.29) is 18.3 Å². The van der Waals surface area contributed by atoms with Crippen LogP contribution in [0.25, 0.3) is 0 Å². The van der Waals surface area contributed by atoms with Crippen molar-refractivity contribution in [1.82, 2.24) is 10.3 Å². The Hall–Kier alpha value is -0.910. The smallest absolute Gasteiger partial charge is 0.251 e. The summed E-state index contributed by atoms with van der Waals surface area (Å²) in [7, 11) is 0. The van der Waals surface area contributed by atoms with Gasteiger partial charge in [0.1, 0.15) is 0 Å². The molecule has 0 aliphatic carbocycles. The van der Waals surface area contributed by atoms with Crippen molar-refractivity contribution in [3.8, 4) is 0 Å². The number of rotatable bonds is 3. The molecular formula is C11H10BrClN2OS. The van der Waals surface area contributed by atoms with Crippen molar-refractivity contribution in [2.75, 3.05) is 0 Å². The van der Waals surface area contributed by atoms with E-state index in [1.807, 2.05) is 12.1 Å². The number of halogens is 2. The van der Waals surface area contributed by atoms with Gasteiger partial charge < -0.3 is 5.32 Å². The normalized spacial score (nSPS) is 9.47. The Labute approximate surface area is 118 Å².